The smallest absolute Gasteiger partial charge is 0.351 e. The monoisotopic (exact) mass is 274 g/mol. The summed E-state index contributed by atoms with van der Waals surface area (Å²) in [6.45, 7) is 5.86. The molecule has 0 spiro atoms. The molecule has 1 aromatic carbocycles. The molecule has 1 heterocycles. The van der Waals surface area contributed by atoms with Crippen molar-refractivity contribution in [3.8, 4) is 5.75 Å². The number of ketones is 1. The van der Waals surface area contributed by atoms with E-state index in [9.17, 15) is 14.7 Å². The molecule has 106 valence electrons. The van der Waals surface area contributed by atoms with Gasteiger partial charge in [-0.15, -0.1) is 0 Å². The minimum absolute atomic E-state index is 0.229. The van der Waals surface area contributed by atoms with Crippen LogP contribution in [0.15, 0.2) is 27.4 Å². The van der Waals surface area contributed by atoms with E-state index in [1.807, 2.05) is 20.8 Å². The van der Waals surface area contributed by atoms with Gasteiger partial charge in [-0.3, -0.25) is 4.79 Å². The van der Waals surface area contributed by atoms with Gasteiger partial charge < -0.3 is 9.52 Å². The Morgan fingerprint density at radius 3 is 2.70 bits per heavy atom. The maximum Gasteiger partial charge on any atom is 0.351 e. The molecule has 1 N–H and O–H groups in total. The Kier molecular flexibility index (Phi) is 3.93. The molecule has 2 aromatic rings. The Balaban J connectivity index is 2.53. The van der Waals surface area contributed by atoms with E-state index in [1.165, 1.54) is 0 Å². The molecular formula is C16H18O4. The lowest BCUT2D eigenvalue weighted by atomic mass is 10.0. The molecular weight excluding hydrogens is 256 g/mol. The van der Waals surface area contributed by atoms with Crippen LogP contribution in [0.4, 0.5) is 0 Å². The van der Waals surface area contributed by atoms with E-state index < -0.39 is 5.63 Å². The van der Waals surface area contributed by atoms with E-state index in [0.717, 1.165) is 5.56 Å². The zero-order valence-corrected chi connectivity index (χ0v) is 11.9. The molecule has 2 rings (SSSR count). The zero-order chi connectivity index (χ0) is 14.9. The summed E-state index contributed by atoms with van der Waals surface area (Å²) in [5, 5.41) is 10.6. The van der Waals surface area contributed by atoms with Gasteiger partial charge >= 0.3 is 5.63 Å². The molecule has 0 atom stereocenters. The molecule has 0 radical (unpaired) electrons. The molecule has 0 unspecified atom stereocenters. The van der Waals surface area contributed by atoms with Gasteiger partial charge in [-0.2, -0.15) is 0 Å². The minimum atomic E-state index is -0.771. The molecule has 0 saturated carbocycles. The fraction of sp³-hybridized carbons (Fsp3) is 0.375. The first-order valence-corrected chi connectivity index (χ1v) is 6.69. The van der Waals surface area contributed by atoms with Crippen molar-refractivity contribution in [2.75, 3.05) is 0 Å². The maximum absolute atomic E-state index is 12.1. The Hall–Kier alpha value is -2.10. The number of aromatic hydroxyl groups is 1. The molecule has 0 aliphatic carbocycles. The highest BCUT2D eigenvalue weighted by Crippen LogP contribution is 2.28. The van der Waals surface area contributed by atoms with Crippen molar-refractivity contribution in [1.29, 1.82) is 0 Å². The van der Waals surface area contributed by atoms with Crippen molar-refractivity contribution in [2.45, 2.75) is 33.6 Å². The normalized spacial score (nSPS) is 11.2. The average Bonchev–Trinajstić information content (AvgIpc) is 2.37. The highest BCUT2D eigenvalue weighted by Gasteiger charge is 2.20. The molecule has 0 fully saturated rings. The van der Waals surface area contributed by atoms with Crippen molar-refractivity contribution < 1.29 is 14.3 Å². The van der Waals surface area contributed by atoms with E-state index in [4.69, 9.17) is 4.42 Å². The molecule has 0 aliphatic rings. The first kappa shape index (κ1) is 14.3. The third-order valence-electron chi connectivity index (χ3n) is 3.26. The number of hydrogen-bond acceptors (Lipinski definition) is 4. The Morgan fingerprint density at radius 1 is 1.35 bits per heavy atom. The number of carbonyl (C=O) groups is 1. The third-order valence-corrected chi connectivity index (χ3v) is 3.26. The number of hydrogen-bond donors (Lipinski definition) is 1. The molecule has 0 aliphatic heterocycles. The van der Waals surface area contributed by atoms with E-state index >= 15 is 0 Å². The Labute approximate surface area is 117 Å². The second-order valence-electron chi connectivity index (χ2n) is 5.47. The van der Waals surface area contributed by atoms with Crippen LogP contribution in [0.2, 0.25) is 0 Å². The van der Waals surface area contributed by atoms with E-state index in [-0.39, 0.29) is 23.5 Å². The molecule has 0 saturated heterocycles. The van der Waals surface area contributed by atoms with Crippen molar-refractivity contribution in [3.63, 3.8) is 0 Å². The summed E-state index contributed by atoms with van der Waals surface area (Å²) >= 11 is 0. The van der Waals surface area contributed by atoms with Gasteiger partial charge in [0.05, 0.1) is 5.39 Å². The van der Waals surface area contributed by atoms with Crippen LogP contribution in [-0.2, 0) is 0 Å². The summed E-state index contributed by atoms with van der Waals surface area (Å²) in [7, 11) is 0. The second kappa shape index (κ2) is 5.49. The minimum Gasteiger partial charge on any atom is -0.506 e. The van der Waals surface area contributed by atoms with Crippen LogP contribution in [0.25, 0.3) is 11.0 Å². The fourth-order valence-corrected chi connectivity index (χ4v) is 2.09. The van der Waals surface area contributed by atoms with Gasteiger partial charge in [0.25, 0.3) is 0 Å². The number of Topliss-reactive ketones (excluding diaryl/α,β-unsaturated/α-hetero) is 1. The van der Waals surface area contributed by atoms with Crippen molar-refractivity contribution in [3.05, 3.63) is 39.7 Å². The first-order valence-electron chi connectivity index (χ1n) is 6.69. The lowest BCUT2D eigenvalue weighted by Crippen LogP contribution is -2.15. The SMILES string of the molecule is Cc1ccc2oc(=O)c(C(=O)CCC(C)C)c(O)c2c1. The standard InChI is InChI=1S/C16H18O4/c1-9(2)4-6-12(17)14-15(18)11-8-10(3)5-7-13(11)20-16(14)19/h5,7-9,18H,4,6H2,1-3H3. The number of fused-ring (bicyclic) bond motifs is 1. The van der Waals surface area contributed by atoms with Crippen LogP contribution in [0, 0.1) is 12.8 Å². The highest BCUT2D eigenvalue weighted by atomic mass is 16.4. The van der Waals surface area contributed by atoms with Crippen molar-refractivity contribution in [2.24, 2.45) is 5.92 Å². The van der Waals surface area contributed by atoms with Gasteiger partial charge in [0, 0.05) is 6.42 Å². The van der Waals surface area contributed by atoms with Gasteiger partial charge in [0.1, 0.15) is 16.9 Å². The van der Waals surface area contributed by atoms with Gasteiger partial charge in [0.15, 0.2) is 5.78 Å². The second-order valence-corrected chi connectivity index (χ2v) is 5.47. The first-order chi connectivity index (χ1) is 9.40. The van der Waals surface area contributed by atoms with Gasteiger partial charge in [-0.25, -0.2) is 4.79 Å². The third kappa shape index (κ3) is 2.74. The molecule has 0 bridgehead atoms. The van der Waals surface area contributed by atoms with Gasteiger partial charge in [-0.1, -0.05) is 25.5 Å². The number of carbonyl (C=O) groups excluding carboxylic acids is 1. The number of benzene rings is 1. The van der Waals surface area contributed by atoms with Crippen LogP contribution in [-0.4, -0.2) is 10.9 Å². The van der Waals surface area contributed by atoms with E-state index in [1.54, 1.807) is 18.2 Å². The topological polar surface area (TPSA) is 67.5 Å². The zero-order valence-electron chi connectivity index (χ0n) is 11.9. The molecule has 1 aromatic heterocycles. The highest BCUT2D eigenvalue weighted by molar-refractivity contribution is 6.02. The van der Waals surface area contributed by atoms with Gasteiger partial charge in [-0.05, 0) is 31.4 Å². The van der Waals surface area contributed by atoms with Crippen LogP contribution in [0.3, 0.4) is 0 Å². The molecule has 4 nitrogen and oxygen atoms in total. The lowest BCUT2D eigenvalue weighted by molar-refractivity contribution is 0.0969. The van der Waals surface area contributed by atoms with E-state index in [0.29, 0.717) is 23.3 Å². The van der Waals surface area contributed by atoms with Crippen LogP contribution in [0.5, 0.6) is 5.75 Å². The van der Waals surface area contributed by atoms with Crippen molar-refractivity contribution >= 4 is 16.8 Å². The van der Waals surface area contributed by atoms with Gasteiger partial charge in [0.2, 0.25) is 0 Å². The predicted octanol–water partition coefficient (Wildman–Crippen LogP) is 3.43. The summed E-state index contributed by atoms with van der Waals surface area (Å²) in [5.74, 6) is -0.280. The Morgan fingerprint density at radius 2 is 2.05 bits per heavy atom. The summed E-state index contributed by atoms with van der Waals surface area (Å²) in [5.41, 5.74) is 0.206. The average molecular weight is 274 g/mol. The summed E-state index contributed by atoms with van der Waals surface area (Å²) in [6.07, 6.45) is 0.900. The lowest BCUT2D eigenvalue weighted by Gasteiger charge is -2.07. The molecule has 0 amide bonds. The largest absolute Gasteiger partial charge is 0.506 e. The fourth-order valence-electron chi connectivity index (χ4n) is 2.09. The molecule has 20 heavy (non-hydrogen) atoms. The Bertz CT molecular complexity index is 710. The van der Waals surface area contributed by atoms with Crippen LogP contribution >= 0.6 is 0 Å². The summed E-state index contributed by atoms with van der Waals surface area (Å²) in [4.78, 5) is 24.0. The molecule has 4 heteroatoms. The van der Waals surface area contributed by atoms with Crippen LogP contribution in [0.1, 0.15) is 42.6 Å². The maximum atomic E-state index is 12.1. The summed E-state index contributed by atoms with van der Waals surface area (Å²) < 4.78 is 5.12. The summed E-state index contributed by atoms with van der Waals surface area (Å²) in [6, 6.07) is 5.10. The van der Waals surface area contributed by atoms with Crippen LogP contribution < -0.4 is 5.63 Å². The number of rotatable bonds is 4. The number of aryl methyl sites for hydroxylation is 1. The predicted molar refractivity (Wildman–Crippen MR) is 77.3 cm³/mol. The van der Waals surface area contributed by atoms with Crippen molar-refractivity contribution in [1.82, 2.24) is 0 Å². The van der Waals surface area contributed by atoms with E-state index in [2.05, 4.69) is 0 Å². The quantitative estimate of drug-likeness (QED) is 0.685.